The summed E-state index contributed by atoms with van der Waals surface area (Å²) in [6.07, 6.45) is -1.55. The first-order chi connectivity index (χ1) is 18.1. The molecule has 0 unspecified atom stereocenters. The molecule has 1 aliphatic carbocycles. The van der Waals surface area contributed by atoms with Crippen LogP contribution in [-0.4, -0.2) is 73.5 Å². The number of amides is 2. The summed E-state index contributed by atoms with van der Waals surface area (Å²) in [5, 5.41) is 6.27. The van der Waals surface area contributed by atoms with Crippen molar-refractivity contribution in [3.63, 3.8) is 0 Å². The standard InChI is InChI=1S/C28H34F4N4O2/c1-35-14-16-36(17-15-35)27(38)24(34-26(37)20-5-9-21(10-6-20)28(30,31)32)4-2-3-13-33-25-18-23(25)19-7-11-22(29)12-8-19/h5-12,23-25,33H,2-4,13-18H2,1H3,(H,34,37)/t23-,24-,25+/m0/s1. The summed E-state index contributed by atoms with van der Waals surface area (Å²) < 4.78 is 51.8. The Labute approximate surface area is 220 Å². The van der Waals surface area contributed by atoms with Crippen LogP contribution >= 0.6 is 0 Å². The summed E-state index contributed by atoms with van der Waals surface area (Å²) in [6, 6.07) is 10.2. The molecule has 0 aromatic heterocycles. The van der Waals surface area contributed by atoms with Crippen LogP contribution in [0.25, 0.3) is 0 Å². The third-order valence-corrected chi connectivity index (χ3v) is 7.31. The molecule has 2 aromatic carbocycles. The Bertz CT molecular complexity index is 1080. The van der Waals surface area contributed by atoms with E-state index >= 15 is 0 Å². The van der Waals surface area contributed by atoms with Gasteiger partial charge in [-0.15, -0.1) is 0 Å². The van der Waals surface area contributed by atoms with Gasteiger partial charge >= 0.3 is 6.18 Å². The summed E-state index contributed by atoms with van der Waals surface area (Å²) in [6.45, 7) is 3.37. The molecule has 0 bridgehead atoms. The van der Waals surface area contributed by atoms with Gasteiger partial charge in [0.2, 0.25) is 5.91 Å². The number of hydrogen-bond donors (Lipinski definition) is 2. The lowest BCUT2D eigenvalue weighted by Crippen LogP contribution is -2.54. The summed E-state index contributed by atoms with van der Waals surface area (Å²) in [7, 11) is 1.99. The maximum Gasteiger partial charge on any atom is 0.416 e. The van der Waals surface area contributed by atoms with Crippen LogP contribution in [0.2, 0.25) is 0 Å². The van der Waals surface area contributed by atoms with Gasteiger partial charge in [-0.3, -0.25) is 9.59 Å². The first-order valence-corrected chi connectivity index (χ1v) is 13.1. The van der Waals surface area contributed by atoms with Crippen molar-refractivity contribution in [1.29, 1.82) is 0 Å². The van der Waals surface area contributed by atoms with Crippen LogP contribution in [0.5, 0.6) is 0 Å². The number of halogens is 4. The molecule has 1 saturated carbocycles. The Balaban J connectivity index is 1.29. The van der Waals surface area contributed by atoms with E-state index in [1.807, 2.05) is 19.2 Å². The van der Waals surface area contributed by atoms with Crippen molar-refractivity contribution in [3.05, 3.63) is 71.0 Å². The SMILES string of the molecule is CN1CCN(C(=O)[C@H](CCCCN[C@@H]2C[C@H]2c2ccc(F)cc2)NC(=O)c2ccc(C(F)(F)F)cc2)CC1. The Morgan fingerprint density at radius 3 is 2.26 bits per heavy atom. The molecular weight excluding hydrogens is 500 g/mol. The van der Waals surface area contributed by atoms with Gasteiger partial charge in [0.25, 0.3) is 5.91 Å². The summed E-state index contributed by atoms with van der Waals surface area (Å²) in [5.74, 6) is -0.593. The van der Waals surface area contributed by atoms with Crippen LogP contribution in [-0.2, 0) is 11.0 Å². The van der Waals surface area contributed by atoms with Gasteiger partial charge in [0, 0.05) is 43.7 Å². The molecular formula is C28H34F4N4O2. The van der Waals surface area contributed by atoms with Crippen molar-refractivity contribution in [1.82, 2.24) is 20.4 Å². The Kier molecular flexibility index (Phi) is 9.04. The summed E-state index contributed by atoms with van der Waals surface area (Å²) >= 11 is 0. The van der Waals surface area contributed by atoms with Gasteiger partial charge in [0.15, 0.2) is 0 Å². The van der Waals surface area contributed by atoms with Crippen molar-refractivity contribution in [2.24, 2.45) is 0 Å². The molecule has 4 rings (SSSR count). The van der Waals surface area contributed by atoms with E-state index in [2.05, 4.69) is 15.5 Å². The first kappa shape index (κ1) is 28.0. The monoisotopic (exact) mass is 534 g/mol. The molecule has 10 heteroatoms. The molecule has 38 heavy (non-hydrogen) atoms. The molecule has 2 fully saturated rings. The normalized spacial score (nSPS) is 20.7. The number of rotatable bonds is 10. The number of nitrogens with one attached hydrogen (secondary N) is 2. The van der Waals surface area contributed by atoms with Crippen LogP contribution in [0.4, 0.5) is 17.6 Å². The maximum absolute atomic E-state index is 13.3. The lowest BCUT2D eigenvalue weighted by Gasteiger charge is -2.34. The minimum Gasteiger partial charge on any atom is -0.340 e. The van der Waals surface area contributed by atoms with Crippen molar-refractivity contribution in [3.8, 4) is 0 Å². The summed E-state index contributed by atoms with van der Waals surface area (Å²) in [5.41, 5.74) is 0.369. The fourth-order valence-corrected chi connectivity index (χ4v) is 4.82. The number of alkyl halides is 3. The zero-order chi connectivity index (χ0) is 27.3. The van der Waals surface area contributed by atoms with Gasteiger partial charge in [-0.25, -0.2) is 4.39 Å². The minimum atomic E-state index is -4.48. The van der Waals surface area contributed by atoms with Gasteiger partial charge in [-0.1, -0.05) is 12.1 Å². The zero-order valence-electron chi connectivity index (χ0n) is 21.4. The number of unbranched alkanes of at least 4 members (excludes halogenated alkanes) is 1. The largest absolute Gasteiger partial charge is 0.416 e. The molecule has 1 heterocycles. The molecule has 2 N–H and O–H groups in total. The topological polar surface area (TPSA) is 64.7 Å². The number of piperazine rings is 1. The van der Waals surface area contributed by atoms with E-state index in [1.165, 1.54) is 12.1 Å². The second-order valence-corrected chi connectivity index (χ2v) is 10.2. The van der Waals surface area contributed by atoms with Gasteiger partial charge in [0.1, 0.15) is 11.9 Å². The van der Waals surface area contributed by atoms with E-state index in [1.54, 1.807) is 4.90 Å². The van der Waals surface area contributed by atoms with E-state index in [0.29, 0.717) is 37.9 Å². The maximum atomic E-state index is 13.3. The third-order valence-electron chi connectivity index (χ3n) is 7.31. The molecule has 1 saturated heterocycles. The number of carbonyl (C=O) groups is 2. The van der Waals surface area contributed by atoms with Crippen LogP contribution in [0, 0.1) is 5.82 Å². The van der Waals surface area contributed by atoms with Crippen molar-refractivity contribution in [2.75, 3.05) is 39.8 Å². The van der Waals surface area contributed by atoms with Gasteiger partial charge in [-0.2, -0.15) is 13.2 Å². The quantitative estimate of drug-likeness (QED) is 0.357. The van der Waals surface area contributed by atoms with E-state index in [0.717, 1.165) is 62.3 Å². The predicted octanol–water partition coefficient (Wildman–Crippen LogP) is 4.03. The van der Waals surface area contributed by atoms with Gasteiger partial charge < -0.3 is 20.4 Å². The average Bonchev–Trinajstić information content (AvgIpc) is 3.67. The number of nitrogens with zero attached hydrogens (tertiary/aromatic N) is 2. The smallest absolute Gasteiger partial charge is 0.340 e. The fourth-order valence-electron chi connectivity index (χ4n) is 4.82. The average molecular weight is 535 g/mol. The molecule has 0 radical (unpaired) electrons. The predicted molar refractivity (Wildman–Crippen MR) is 136 cm³/mol. The molecule has 1 aliphatic heterocycles. The molecule has 3 atom stereocenters. The minimum absolute atomic E-state index is 0.0800. The van der Waals surface area contributed by atoms with Gasteiger partial charge in [0.05, 0.1) is 5.56 Å². The number of benzene rings is 2. The highest BCUT2D eigenvalue weighted by Crippen LogP contribution is 2.40. The zero-order valence-corrected chi connectivity index (χ0v) is 21.4. The molecule has 2 amide bonds. The number of carbonyl (C=O) groups excluding carboxylic acids is 2. The highest BCUT2D eigenvalue weighted by Gasteiger charge is 2.37. The Morgan fingerprint density at radius 1 is 0.974 bits per heavy atom. The highest BCUT2D eigenvalue weighted by molar-refractivity contribution is 5.97. The van der Waals surface area contributed by atoms with Crippen LogP contribution in [0.15, 0.2) is 48.5 Å². The van der Waals surface area contributed by atoms with E-state index in [-0.39, 0.29) is 17.3 Å². The number of hydrogen-bond acceptors (Lipinski definition) is 4. The van der Waals surface area contributed by atoms with Crippen LogP contribution in [0.1, 0.15) is 53.1 Å². The second-order valence-electron chi connectivity index (χ2n) is 10.2. The van der Waals surface area contributed by atoms with Gasteiger partial charge in [-0.05, 0) is 81.2 Å². The molecule has 2 aromatic rings. The van der Waals surface area contributed by atoms with E-state index in [9.17, 15) is 27.2 Å². The van der Waals surface area contributed by atoms with E-state index < -0.39 is 23.7 Å². The molecule has 206 valence electrons. The van der Waals surface area contributed by atoms with Crippen LogP contribution < -0.4 is 10.6 Å². The molecule has 6 nitrogen and oxygen atoms in total. The van der Waals surface area contributed by atoms with Crippen molar-refractivity contribution in [2.45, 2.75) is 49.9 Å². The first-order valence-electron chi connectivity index (χ1n) is 13.1. The molecule has 2 aliphatic rings. The second kappa shape index (κ2) is 12.3. The molecule has 0 spiro atoms. The lowest BCUT2D eigenvalue weighted by molar-refractivity contribution is -0.137. The van der Waals surface area contributed by atoms with Crippen molar-refractivity contribution >= 4 is 11.8 Å². The van der Waals surface area contributed by atoms with Crippen molar-refractivity contribution < 1.29 is 27.2 Å². The Morgan fingerprint density at radius 2 is 1.63 bits per heavy atom. The highest BCUT2D eigenvalue weighted by atomic mass is 19.4. The number of likely N-dealkylation sites (N-methyl/N-ethyl adjacent to an activating group) is 1. The Hall–Kier alpha value is -2.98. The summed E-state index contributed by atoms with van der Waals surface area (Å²) in [4.78, 5) is 30.0. The van der Waals surface area contributed by atoms with E-state index in [4.69, 9.17) is 0 Å². The third kappa shape index (κ3) is 7.54. The lowest BCUT2D eigenvalue weighted by atomic mass is 10.1. The fraction of sp³-hybridized carbons (Fsp3) is 0.500. The van der Waals surface area contributed by atoms with Crippen LogP contribution in [0.3, 0.4) is 0 Å².